The van der Waals surface area contributed by atoms with Gasteiger partial charge in [0.25, 0.3) is 0 Å². The van der Waals surface area contributed by atoms with Gasteiger partial charge in [0.1, 0.15) is 0 Å². The van der Waals surface area contributed by atoms with Gasteiger partial charge in [-0.15, -0.1) is 0 Å². The Morgan fingerprint density at radius 2 is 1.68 bits per heavy atom. The van der Waals surface area contributed by atoms with Crippen LogP contribution in [-0.2, 0) is 4.79 Å². The number of anilines is 2. The van der Waals surface area contributed by atoms with Crippen LogP contribution in [0.25, 0.3) is 10.8 Å². The van der Waals surface area contributed by atoms with E-state index in [2.05, 4.69) is 60.0 Å². The molecule has 126 valence electrons. The van der Waals surface area contributed by atoms with Crippen LogP contribution in [0.4, 0.5) is 11.4 Å². The van der Waals surface area contributed by atoms with Crippen molar-refractivity contribution in [2.24, 2.45) is 5.92 Å². The average molecular weight is 330 g/mol. The maximum Gasteiger partial charge on any atom is 0.227 e. The van der Waals surface area contributed by atoms with Crippen molar-refractivity contribution in [2.45, 2.75) is 25.8 Å². The summed E-state index contributed by atoms with van der Waals surface area (Å²) >= 11 is 0. The first-order valence-electron chi connectivity index (χ1n) is 8.86. The summed E-state index contributed by atoms with van der Waals surface area (Å²) in [5, 5.41) is 9.08. The van der Waals surface area contributed by atoms with Gasteiger partial charge in [0.15, 0.2) is 0 Å². The van der Waals surface area contributed by atoms with Gasteiger partial charge in [-0.3, -0.25) is 4.79 Å². The van der Waals surface area contributed by atoms with Crippen LogP contribution in [0.2, 0.25) is 0 Å². The van der Waals surface area contributed by atoms with Crippen molar-refractivity contribution in [1.29, 1.82) is 0 Å². The maximum atomic E-state index is 11.9. The second-order valence-electron chi connectivity index (χ2n) is 6.78. The molecule has 4 rings (SSSR count). The number of nitrogens with one attached hydrogen (secondary N) is 2. The Bertz CT molecular complexity index is 909. The molecule has 0 spiro atoms. The van der Waals surface area contributed by atoms with E-state index in [1.807, 2.05) is 24.3 Å². The zero-order valence-corrected chi connectivity index (χ0v) is 14.3. The van der Waals surface area contributed by atoms with E-state index in [1.54, 1.807) is 0 Å². The van der Waals surface area contributed by atoms with Gasteiger partial charge in [-0.1, -0.05) is 48.5 Å². The van der Waals surface area contributed by atoms with Crippen LogP contribution in [0.1, 0.15) is 31.4 Å². The third-order valence-electron chi connectivity index (χ3n) is 4.75. The molecular formula is C22H22N2O. The van der Waals surface area contributed by atoms with Crippen molar-refractivity contribution in [3.8, 4) is 0 Å². The summed E-state index contributed by atoms with van der Waals surface area (Å²) in [4.78, 5) is 11.9. The number of rotatable bonds is 5. The summed E-state index contributed by atoms with van der Waals surface area (Å²) < 4.78 is 0. The lowest BCUT2D eigenvalue weighted by atomic mass is 9.99. The molecule has 1 amide bonds. The van der Waals surface area contributed by atoms with Gasteiger partial charge < -0.3 is 10.6 Å². The zero-order valence-electron chi connectivity index (χ0n) is 14.3. The molecule has 2 N–H and O–H groups in total. The number of hydrogen-bond donors (Lipinski definition) is 2. The van der Waals surface area contributed by atoms with Crippen LogP contribution in [-0.4, -0.2) is 5.91 Å². The normalized spacial score (nSPS) is 14.9. The Morgan fingerprint density at radius 1 is 0.960 bits per heavy atom. The third-order valence-corrected chi connectivity index (χ3v) is 4.75. The predicted molar refractivity (Wildman–Crippen MR) is 104 cm³/mol. The van der Waals surface area contributed by atoms with E-state index in [0.717, 1.165) is 24.2 Å². The van der Waals surface area contributed by atoms with E-state index in [0.29, 0.717) is 0 Å². The van der Waals surface area contributed by atoms with Gasteiger partial charge in [-0.05, 0) is 54.3 Å². The molecule has 3 aromatic rings. The lowest BCUT2D eigenvalue weighted by Crippen LogP contribution is -2.13. The summed E-state index contributed by atoms with van der Waals surface area (Å²) in [7, 11) is 0. The number of amides is 1. The first kappa shape index (κ1) is 15.7. The van der Waals surface area contributed by atoms with E-state index in [1.165, 1.54) is 16.3 Å². The third kappa shape index (κ3) is 3.50. The first-order chi connectivity index (χ1) is 12.2. The summed E-state index contributed by atoms with van der Waals surface area (Å²) in [6, 6.07) is 23.0. The van der Waals surface area contributed by atoms with Crippen molar-refractivity contribution in [3.63, 3.8) is 0 Å². The molecule has 1 fully saturated rings. The molecule has 1 aliphatic carbocycles. The molecule has 1 atom stereocenters. The van der Waals surface area contributed by atoms with Gasteiger partial charge in [-0.2, -0.15) is 0 Å². The van der Waals surface area contributed by atoms with Crippen LogP contribution in [0.5, 0.6) is 0 Å². The fourth-order valence-corrected chi connectivity index (χ4v) is 3.23. The fourth-order valence-electron chi connectivity index (χ4n) is 3.23. The fraction of sp³-hybridized carbons (Fsp3) is 0.227. The Balaban J connectivity index is 1.53. The summed E-state index contributed by atoms with van der Waals surface area (Å²) in [5.41, 5.74) is 3.13. The molecule has 3 aromatic carbocycles. The maximum absolute atomic E-state index is 11.9. The zero-order chi connectivity index (χ0) is 17.2. The number of fused-ring (bicyclic) bond motifs is 1. The Hall–Kier alpha value is -2.81. The topological polar surface area (TPSA) is 41.1 Å². The van der Waals surface area contributed by atoms with Crippen molar-refractivity contribution in [2.75, 3.05) is 10.6 Å². The second kappa shape index (κ2) is 6.60. The van der Waals surface area contributed by atoms with E-state index in [-0.39, 0.29) is 17.9 Å². The van der Waals surface area contributed by atoms with Crippen molar-refractivity contribution in [1.82, 2.24) is 0 Å². The molecule has 1 aliphatic rings. The molecule has 25 heavy (non-hydrogen) atoms. The molecule has 3 nitrogen and oxygen atoms in total. The predicted octanol–water partition coefficient (Wildman–Crippen LogP) is 5.36. The number of hydrogen-bond acceptors (Lipinski definition) is 2. The molecule has 0 aromatic heterocycles. The molecular weight excluding hydrogens is 308 g/mol. The highest BCUT2D eigenvalue weighted by molar-refractivity contribution is 5.94. The minimum Gasteiger partial charge on any atom is -0.378 e. The first-order valence-corrected chi connectivity index (χ1v) is 8.86. The van der Waals surface area contributed by atoms with Crippen LogP contribution in [0.3, 0.4) is 0 Å². The highest BCUT2D eigenvalue weighted by atomic mass is 16.2. The van der Waals surface area contributed by atoms with E-state index >= 15 is 0 Å². The van der Waals surface area contributed by atoms with Crippen molar-refractivity contribution < 1.29 is 4.79 Å². The molecule has 1 saturated carbocycles. The summed E-state index contributed by atoms with van der Waals surface area (Å²) in [5.74, 6) is 0.352. The van der Waals surface area contributed by atoms with Crippen molar-refractivity contribution >= 4 is 28.1 Å². The largest absolute Gasteiger partial charge is 0.378 e. The minimum absolute atomic E-state index is 0.138. The van der Waals surface area contributed by atoms with Crippen LogP contribution in [0, 0.1) is 5.92 Å². The molecule has 1 unspecified atom stereocenters. The lowest BCUT2D eigenvalue weighted by Gasteiger charge is -2.18. The molecule has 0 saturated heterocycles. The van der Waals surface area contributed by atoms with Crippen LogP contribution < -0.4 is 10.6 Å². The van der Waals surface area contributed by atoms with Gasteiger partial charge in [0.05, 0.1) is 0 Å². The van der Waals surface area contributed by atoms with Crippen molar-refractivity contribution in [3.05, 3.63) is 72.3 Å². The average Bonchev–Trinajstić information content (AvgIpc) is 3.47. The van der Waals surface area contributed by atoms with Gasteiger partial charge in [0, 0.05) is 23.3 Å². The number of carbonyl (C=O) groups is 1. The minimum atomic E-state index is 0.138. The standard InChI is InChI=1S/C22H22N2O/c1-15(20-11-4-7-16-6-2-3-10-21(16)20)23-18-8-5-9-19(14-18)24-22(25)17-12-13-17/h2-11,14-15,17,23H,12-13H2,1H3,(H,24,25). The SMILES string of the molecule is CC(Nc1cccc(NC(=O)C2CC2)c1)c1cccc2ccccc12. The quantitative estimate of drug-likeness (QED) is 0.661. The number of carbonyl (C=O) groups excluding carboxylic acids is 1. The van der Waals surface area contributed by atoms with Gasteiger partial charge in [-0.25, -0.2) is 0 Å². The van der Waals surface area contributed by atoms with Gasteiger partial charge >= 0.3 is 0 Å². The molecule has 0 bridgehead atoms. The monoisotopic (exact) mass is 330 g/mol. The van der Waals surface area contributed by atoms with E-state index < -0.39 is 0 Å². The second-order valence-corrected chi connectivity index (χ2v) is 6.78. The molecule has 0 heterocycles. The Morgan fingerprint density at radius 3 is 2.52 bits per heavy atom. The summed E-state index contributed by atoms with van der Waals surface area (Å²) in [6.45, 7) is 2.16. The highest BCUT2D eigenvalue weighted by Gasteiger charge is 2.29. The molecule has 0 aliphatic heterocycles. The molecule has 0 radical (unpaired) electrons. The highest BCUT2D eigenvalue weighted by Crippen LogP contribution is 2.31. The van der Waals surface area contributed by atoms with Crippen LogP contribution >= 0.6 is 0 Å². The number of benzene rings is 3. The van der Waals surface area contributed by atoms with E-state index in [4.69, 9.17) is 0 Å². The Kier molecular flexibility index (Phi) is 4.14. The van der Waals surface area contributed by atoms with Crippen LogP contribution in [0.15, 0.2) is 66.7 Å². The Labute approximate surface area is 148 Å². The summed E-state index contributed by atoms with van der Waals surface area (Å²) in [6.07, 6.45) is 2.03. The smallest absolute Gasteiger partial charge is 0.227 e. The van der Waals surface area contributed by atoms with E-state index in [9.17, 15) is 4.79 Å². The van der Waals surface area contributed by atoms with Gasteiger partial charge in [0.2, 0.25) is 5.91 Å². The lowest BCUT2D eigenvalue weighted by molar-refractivity contribution is -0.117. The molecule has 3 heteroatoms.